The summed E-state index contributed by atoms with van der Waals surface area (Å²) in [4.78, 5) is 60.2. The Labute approximate surface area is 278 Å². The minimum absolute atomic E-state index is 0.0286. The largest absolute Gasteiger partial charge is 0.390 e. The molecule has 3 aromatic heterocycles. The molecule has 0 aliphatic carbocycles. The van der Waals surface area contributed by atoms with Crippen LogP contribution in [0.15, 0.2) is 72.8 Å². The third-order valence-electron chi connectivity index (χ3n) is 7.91. The smallest absolute Gasteiger partial charge is 0.272 e. The number of carbonyl (C=O) groups excluding carboxylic acids is 4. The number of hydrogen-bond donors (Lipinski definition) is 11. The standard InChI is InChI=1S/C34H35N9O6/c35-13-23(44)15-37-32(47)28-11-19-8-21(2-5-26(19)41-28)39-31(46)17-1-4-25-18(7-17)10-30(43-25)34(49)40-22-3-6-27-20(9-22)12-29(42-27)33(48)38-16-24(45)14-36/h1-12,23-24,41-45H,13-16,35-36H2,(H,37,47)(H,38,48)(H,39,46)(H,40,49). The van der Waals surface area contributed by atoms with Crippen molar-refractivity contribution >= 4 is 67.7 Å². The predicted molar refractivity (Wildman–Crippen MR) is 186 cm³/mol. The van der Waals surface area contributed by atoms with Crippen LogP contribution in [0.5, 0.6) is 0 Å². The number of amides is 4. The fourth-order valence-corrected chi connectivity index (χ4v) is 5.24. The number of aliphatic hydroxyl groups is 2. The van der Waals surface area contributed by atoms with E-state index in [-0.39, 0.29) is 49.6 Å². The zero-order valence-corrected chi connectivity index (χ0v) is 26.1. The van der Waals surface area contributed by atoms with E-state index in [4.69, 9.17) is 11.5 Å². The second-order valence-corrected chi connectivity index (χ2v) is 11.6. The number of anilines is 2. The average Bonchev–Trinajstić information content (AvgIpc) is 3.85. The quantitative estimate of drug-likeness (QED) is 0.0915. The van der Waals surface area contributed by atoms with E-state index in [1.807, 2.05) is 0 Å². The number of H-pyrrole nitrogens is 3. The zero-order valence-electron chi connectivity index (χ0n) is 26.1. The van der Waals surface area contributed by atoms with E-state index in [2.05, 4.69) is 36.2 Å². The maximum absolute atomic E-state index is 13.1. The number of carbonyl (C=O) groups is 4. The van der Waals surface area contributed by atoms with Crippen molar-refractivity contribution in [2.75, 3.05) is 36.8 Å². The van der Waals surface area contributed by atoms with E-state index in [9.17, 15) is 29.4 Å². The van der Waals surface area contributed by atoms with E-state index in [0.717, 1.165) is 0 Å². The van der Waals surface area contributed by atoms with Gasteiger partial charge in [0, 0.05) is 75.8 Å². The lowest BCUT2D eigenvalue weighted by molar-refractivity contribution is 0.0910. The number of aromatic nitrogens is 3. The summed E-state index contributed by atoms with van der Waals surface area (Å²) in [6.07, 6.45) is -1.67. The summed E-state index contributed by atoms with van der Waals surface area (Å²) in [6, 6.07) is 20.4. The van der Waals surface area contributed by atoms with Gasteiger partial charge in [-0.05, 0) is 72.8 Å². The Morgan fingerprint density at radius 1 is 0.551 bits per heavy atom. The summed E-state index contributed by atoms with van der Waals surface area (Å²) in [5.74, 6) is -1.53. The number of rotatable bonds is 12. The lowest BCUT2D eigenvalue weighted by atomic mass is 10.1. The number of benzene rings is 3. The van der Waals surface area contributed by atoms with E-state index in [1.165, 1.54) is 0 Å². The van der Waals surface area contributed by atoms with Gasteiger partial charge in [-0.2, -0.15) is 0 Å². The first-order chi connectivity index (χ1) is 23.6. The molecule has 13 N–H and O–H groups in total. The number of nitrogens with two attached hydrogens (primary N) is 2. The molecule has 0 spiro atoms. The van der Waals surface area contributed by atoms with Gasteiger partial charge in [-0.15, -0.1) is 0 Å². The Morgan fingerprint density at radius 3 is 1.43 bits per heavy atom. The molecular formula is C34H35N9O6. The molecule has 15 nitrogen and oxygen atoms in total. The molecule has 0 fully saturated rings. The van der Waals surface area contributed by atoms with Crippen molar-refractivity contribution in [3.8, 4) is 0 Å². The van der Waals surface area contributed by atoms with Gasteiger partial charge in [-0.3, -0.25) is 19.2 Å². The molecule has 3 aromatic carbocycles. The van der Waals surface area contributed by atoms with Gasteiger partial charge < -0.3 is 57.9 Å². The first-order valence-corrected chi connectivity index (χ1v) is 15.4. The molecule has 2 unspecified atom stereocenters. The van der Waals surface area contributed by atoms with E-state index < -0.39 is 18.1 Å². The van der Waals surface area contributed by atoms with Crippen LogP contribution in [0.4, 0.5) is 11.4 Å². The number of hydrogen-bond acceptors (Lipinski definition) is 8. The average molecular weight is 666 g/mol. The highest BCUT2D eigenvalue weighted by atomic mass is 16.3. The third-order valence-corrected chi connectivity index (χ3v) is 7.91. The highest BCUT2D eigenvalue weighted by Gasteiger charge is 2.16. The minimum Gasteiger partial charge on any atom is -0.390 e. The second-order valence-electron chi connectivity index (χ2n) is 11.6. The van der Waals surface area contributed by atoms with E-state index in [1.54, 1.807) is 72.8 Å². The monoisotopic (exact) mass is 665 g/mol. The van der Waals surface area contributed by atoms with Crippen LogP contribution in [0.1, 0.15) is 41.8 Å². The number of nitrogens with one attached hydrogen (secondary N) is 7. The number of aromatic amines is 3. The molecule has 49 heavy (non-hydrogen) atoms. The first-order valence-electron chi connectivity index (χ1n) is 15.4. The van der Waals surface area contributed by atoms with Gasteiger partial charge >= 0.3 is 0 Å². The molecule has 0 aliphatic heterocycles. The van der Waals surface area contributed by atoms with Crippen LogP contribution < -0.4 is 32.7 Å². The van der Waals surface area contributed by atoms with Crippen LogP contribution in [0, 0.1) is 0 Å². The third kappa shape index (κ3) is 7.45. The fourth-order valence-electron chi connectivity index (χ4n) is 5.24. The Bertz CT molecular complexity index is 2080. The molecule has 0 aliphatic rings. The Morgan fingerprint density at radius 2 is 0.959 bits per heavy atom. The summed E-state index contributed by atoms with van der Waals surface area (Å²) in [5, 5.41) is 32.2. The number of fused-ring (bicyclic) bond motifs is 3. The summed E-state index contributed by atoms with van der Waals surface area (Å²) in [6.45, 7) is 0.125. The van der Waals surface area contributed by atoms with Crippen molar-refractivity contribution in [3.63, 3.8) is 0 Å². The van der Waals surface area contributed by atoms with E-state index in [0.29, 0.717) is 61.0 Å². The summed E-state index contributed by atoms with van der Waals surface area (Å²) in [5.41, 5.74) is 15.1. The highest BCUT2D eigenvalue weighted by molar-refractivity contribution is 6.10. The van der Waals surface area contributed by atoms with Crippen molar-refractivity contribution in [1.29, 1.82) is 0 Å². The van der Waals surface area contributed by atoms with Gasteiger partial charge in [0.25, 0.3) is 23.6 Å². The Hall–Kier alpha value is -6.00. The molecule has 6 rings (SSSR count). The van der Waals surface area contributed by atoms with Gasteiger partial charge in [0.1, 0.15) is 17.1 Å². The van der Waals surface area contributed by atoms with Crippen molar-refractivity contribution in [2.45, 2.75) is 12.2 Å². The van der Waals surface area contributed by atoms with Crippen molar-refractivity contribution in [2.24, 2.45) is 11.5 Å². The zero-order chi connectivity index (χ0) is 34.7. The van der Waals surface area contributed by atoms with Crippen LogP contribution in [-0.4, -0.2) is 87.2 Å². The van der Waals surface area contributed by atoms with Crippen LogP contribution in [0.3, 0.4) is 0 Å². The van der Waals surface area contributed by atoms with Gasteiger partial charge in [-0.25, -0.2) is 0 Å². The predicted octanol–water partition coefficient (Wildman–Crippen LogP) is 1.73. The molecule has 4 amide bonds. The second kappa shape index (κ2) is 14.0. The number of aliphatic hydroxyl groups excluding tert-OH is 2. The Kier molecular flexibility index (Phi) is 9.41. The topological polar surface area (TPSA) is 256 Å². The van der Waals surface area contributed by atoms with Crippen LogP contribution in [-0.2, 0) is 0 Å². The molecule has 15 heteroatoms. The van der Waals surface area contributed by atoms with Crippen LogP contribution in [0.2, 0.25) is 0 Å². The van der Waals surface area contributed by atoms with Crippen LogP contribution in [0.25, 0.3) is 32.7 Å². The van der Waals surface area contributed by atoms with Crippen molar-refractivity contribution in [3.05, 3.63) is 95.4 Å². The normalized spacial score (nSPS) is 12.6. The van der Waals surface area contributed by atoms with Gasteiger partial charge in [0.05, 0.1) is 12.2 Å². The molecule has 0 saturated heterocycles. The molecule has 252 valence electrons. The fraction of sp³-hybridized carbons (Fsp3) is 0.176. The maximum Gasteiger partial charge on any atom is 0.272 e. The van der Waals surface area contributed by atoms with E-state index >= 15 is 0 Å². The SMILES string of the molecule is NCC(O)CNC(=O)c1cc2cc(NC(=O)c3ccc4[nH]c(C(=O)Nc5ccc6[nH]c(C(=O)NCC(O)CN)cc6c5)cc4c3)ccc2[nH]1. The molecule has 0 saturated carbocycles. The molecule has 2 atom stereocenters. The lowest BCUT2D eigenvalue weighted by Crippen LogP contribution is -2.36. The summed E-state index contributed by atoms with van der Waals surface area (Å²) < 4.78 is 0. The van der Waals surface area contributed by atoms with Crippen molar-refractivity contribution in [1.82, 2.24) is 25.6 Å². The molecule has 3 heterocycles. The molecule has 0 radical (unpaired) electrons. The summed E-state index contributed by atoms with van der Waals surface area (Å²) in [7, 11) is 0. The highest BCUT2D eigenvalue weighted by Crippen LogP contribution is 2.24. The van der Waals surface area contributed by atoms with Crippen molar-refractivity contribution < 1.29 is 29.4 Å². The Balaban J connectivity index is 1.10. The van der Waals surface area contributed by atoms with Gasteiger partial charge in [-0.1, -0.05) is 0 Å². The maximum atomic E-state index is 13.1. The molecule has 0 bridgehead atoms. The van der Waals surface area contributed by atoms with Crippen LogP contribution >= 0.6 is 0 Å². The molecular weight excluding hydrogens is 630 g/mol. The van der Waals surface area contributed by atoms with Gasteiger partial charge in [0.2, 0.25) is 0 Å². The minimum atomic E-state index is -0.836. The van der Waals surface area contributed by atoms with Gasteiger partial charge in [0.15, 0.2) is 0 Å². The molecule has 6 aromatic rings. The lowest BCUT2D eigenvalue weighted by Gasteiger charge is -2.08. The first kappa shape index (κ1) is 32.9. The summed E-state index contributed by atoms with van der Waals surface area (Å²) >= 11 is 0.